The first-order valence-electron chi connectivity index (χ1n) is 9.47. The number of aryl methyl sites for hydroxylation is 1. The Morgan fingerprint density at radius 2 is 1.83 bits per heavy atom. The molecule has 128 valence electrons. The van der Waals surface area contributed by atoms with Crippen LogP contribution in [0.5, 0.6) is 0 Å². The molecule has 1 aliphatic carbocycles. The number of pyridine rings is 1. The van der Waals surface area contributed by atoms with E-state index in [9.17, 15) is 0 Å². The first kappa shape index (κ1) is 17.4. The van der Waals surface area contributed by atoms with Crippen molar-refractivity contribution in [3.63, 3.8) is 0 Å². The number of nitrogens with zero attached hydrogens (tertiary/aromatic N) is 1. The molecule has 0 saturated carbocycles. The standard InChI is InChI=1S/C22H31NSi/c1-16(2)13-18-14-21(23-15-22(18)24(3,4)5)20-12-8-10-17-9-6-7-11-19(17)20/h8,10,12,14-16H,6-7,9,11,13H2,1-5H3. The second kappa shape index (κ2) is 6.83. The summed E-state index contributed by atoms with van der Waals surface area (Å²) in [5.41, 5.74) is 7.18. The van der Waals surface area contributed by atoms with Crippen molar-refractivity contribution in [2.75, 3.05) is 0 Å². The molecule has 0 N–H and O–H groups in total. The predicted molar refractivity (Wildman–Crippen MR) is 108 cm³/mol. The average molecular weight is 338 g/mol. The highest BCUT2D eigenvalue weighted by Gasteiger charge is 2.22. The highest BCUT2D eigenvalue weighted by Crippen LogP contribution is 2.31. The van der Waals surface area contributed by atoms with E-state index in [1.807, 2.05) is 0 Å². The molecule has 0 radical (unpaired) electrons. The fourth-order valence-corrected chi connectivity index (χ4v) is 5.54. The van der Waals surface area contributed by atoms with Crippen molar-refractivity contribution in [2.45, 2.75) is 65.6 Å². The summed E-state index contributed by atoms with van der Waals surface area (Å²) in [7, 11) is -1.36. The SMILES string of the molecule is CC(C)Cc1cc(-c2cccc3c2CCCC3)ncc1[Si](C)(C)C. The minimum atomic E-state index is -1.36. The van der Waals surface area contributed by atoms with Crippen LogP contribution in [0, 0.1) is 5.92 Å². The van der Waals surface area contributed by atoms with E-state index in [0.29, 0.717) is 5.92 Å². The maximum atomic E-state index is 4.93. The smallest absolute Gasteiger partial charge is 0.0799 e. The largest absolute Gasteiger partial charge is 0.256 e. The van der Waals surface area contributed by atoms with Gasteiger partial charge in [0, 0.05) is 11.8 Å². The molecule has 0 saturated heterocycles. The highest BCUT2D eigenvalue weighted by atomic mass is 28.3. The summed E-state index contributed by atoms with van der Waals surface area (Å²) in [6.45, 7) is 11.9. The minimum Gasteiger partial charge on any atom is -0.256 e. The molecule has 1 aromatic carbocycles. The monoisotopic (exact) mass is 337 g/mol. The number of rotatable bonds is 4. The fourth-order valence-electron chi connectivity index (χ4n) is 3.95. The van der Waals surface area contributed by atoms with Crippen molar-refractivity contribution in [1.29, 1.82) is 0 Å². The Labute approximate surface area is 148 Å². The summed E-state index contributed by atoms with van der Waals surface area (Å²) in [4.78, 5) is 4.93. The average Bonchev–Trinajstić information content (AvgIpc) is 2.52. The van der Waals surface area contributed by atoms with Crippen molar-refractivity contribution < 1.29 is 0 Å². The maximum Gasteiger partial charge on any atom is 0.0799 e. The highest BCUT2D eigenvalue weighted by molar-refractivity contribution is 6.89. The van der Waals surface area contributed by atoms with E-state index in [1.54, 1.807) is 11.1 Å². The fraction of sp³-hybridized carbons (Fsp3) is 0.500. The Hall–Kier alpha value is -1.41. The van der Waals surface area contributed by atoms with Crippen LogP contribution in [-0.4, -0.2) is 13.1 Å². The van der Waals surface area contributed by atoms with Crippen molar-refractivity contribution in [2.24, 2.45) is 5.92 Å². The van der Waals surface area contributed by atoms with Gasteiger partial charge in [0.15, 0.2) is 0 Å². The third-order valence-corrected chi connectivity index (χ3v) is 7.16. The van der Waals surface area contributed by atoms with Crippen molar-refractivity contribution in [3.8, 4) is 11.3 Å². The Morgan fingerprint density at radius 3 is 2.54 bits per heavy atom. The van der Waals surface area contributed by atoms with Crippen LogP contribution in [0.2, 0.25) is 19.6 Å². The molecule has 0 aliphatic heterocycles. The lowest BCUT2D eigenvalue weighted by Gasteiger charge is -2.24. The molecule has 0 unspecified atom stereocenters. The predicted octanol–water partition coefficient (Wildman–Crippen LogP) is 5.37. The van der Waals surface area contributed by atoms with Gasteiger partial charge in [-0.1, -0.05) is 51.7 Å². The molecule has 2 heteroatoms. The van der Waals surface area contributed by atoms with Gasteiger partial charge < -0.3 is 0 Å². The van der Waals surface area contributed by atoms with Crippen LogP contribution >= 0.6 is 0 Å². The zero-order chi connectivity index (χ0) is 17.3. The summed E-state index contributed by atoms with van der Waals surface area (Å²) >= 11 is 0. The van der Waals surface area contributed by atoms with Gasteiger partial charge in [-0.15, -0.1) is 0 Å². The zero-order valence-electron chi connectivity index (χ0n) is 15.9. The summed E-state index contributed by atoms with van der Waals surface area (Å²) in [5.74, 6) is 0.681. The number of benzene rings is 1. The van der Waals surface area contributed by atoms with Gasteiger partial charge in [0.1, 0.15) is 0 Å². The van der Waals surface area contributed by atoms with Crippen molar-refractivity contribution >= 4 is 13.3 Å². The summed E-state index contributed by atoms with van der Waals surface area (Å²) in [5, 5.41) is 1.53. The molecule has 0 spiro atoms. The zero-order valence-corrected chi connectivity index (χ0v) is 16.9. The lowest BCUT2D eigenvalue weighted by atomic mass is 9.87. The van der Waals surface area contributed by atoms with Crippen LogP contribution in [0.25, 0.3) is 11.3 Å². The topological polar surface area (TPSA) is 12.9 Å². The Kier molecular flexibility index (Phi) is 4.96. The van der Waals surface area contributed by atoms with Crippen LogP contribution in [-0.2, 0) is 19.3 Å². The second-order valence-electron chi connectivity index (χ2n) is 8.73. The molecule has 1 aromatic heterocycles. The molecule has 24 heavy (non-hydrogen) atoms. The molecular formula is C22H31NSi. The van der Waals surface area contributed by atoms with Gasteiger partial charge in [-0.3, -0.25) is 4.98 Å². The molecule has 0 bridgehead atoms. The lowest BCUT2D eigenvalue weighted by Crippen LogP contribution is -2.40. The van der Waals surface area contributed by atoms with E-state index >= 15 is 0 Å². The van der Waals surface area contributed by atoms with Gasteiger partial charge >= 0.3 is 0 Å². The van der Waals surface area contributed by atoms with Crippen LogP contribution in [0.4, 0.5) is 0 Å². The van der Waals surface area contributed by atoms with Crippen LogP contribution in [0.15, 0.2) is 30.5 Å². The molecule has 1 heterocycles. The van der Waals surface area contributed by atoms with Gasteiger partial charge in [-0.2, -0.15) is 0 Å². The van der Waals surface area contributed by atoms with E-state index in [1.165, 1.54) is 47.7 Å². The van der Waals surface area contributed by atoms with Crippen molar-refractivity contribution in [1.82, 2.24) is 4.98 Å². The molecular weight excluding hydrogens is 306 g/mol. The molecule has 0 amide bonds. The summed E-state index contributed by atoms with van der Waals surface area (Å²) in [6.07, 6.45) is 8.44. The van der Waals surface area contributed by atoms with Gasteiger partial charge in [0.05, 0.1) is 13.8 Å². The van der Waals surface area contributed by atoms with Gasteiger partial charge in [-0.05, 0) is 66.0 Å². The van der Waals surface area contributed by atoms with Gasteiger partial charge in [-0.25, -0.2) is 0 Å². The number of fused-ring (bicyclic) bond motifs is 1. The number of aromatic nitrogens is 1. The molecule has 1 aliphatic rings. The second-order valence-corrected chi connectivity index (χ2v) is 13.8. The molecule has 0 fully saturated rings. The molecule has 3 rings (SSSR count). The number of hydrogen-bond acceptors (Lipinski definition) is 1. The third-order valence-electron chi connectivity index (χ3n) is 5.10. The number of hydrogen-bond donors (Lipinski definition) is 0. The molecule has 0 atom stereocenters. The van der Waals surface area contributed by atoms with E-state index in [4.69, 9.17) is 4.98 Å². The Bertz CT molecular complexity index is 725. The van der Waals surface area contributed by atoms with E-state index < -0.39 is 8.07 Å². The van der Waals surface area contributed by atoms with Crippen LogP contribution in [0.3, 0.4) is 0 Å². The van der Waals surface area contributed by atoms with E-state index in [2.05, 4.69) is 64.0 Å². The lowest BCUT2D eigenvalue weighted by molar-refractivity contribution is 0.648. The van der Waals surface area contributed by atoms with Gasteiger partial charge in [0.2, 0.25) is 0 Å². The first-order valence-corrected chi connectivity index (χ1v) is 13.0. The van der Waals surface area contributed by atoms with Gasteiger partial charge in [0.25, 0.3) is 0 Å². The maximum absolute atomic E-state index is 4.93. The quantitative estimate of drug-likeness (QED) is 0.683. The normalized spacial score (nSPS) is 14.8. The summed E-state index contributed by atoms with van der Waals surface area (Å²) in [6, 6.07) is 9.21. The molecule has 1 nitrogen and oxygen atoms in total. The Morgan fingerprint density at radius 1 is 1.08 bits per heavy atom. The minimum absolute atomic E-state index is 0.681. The van der Waals surface area contributed by atoms with E-state index in [-0.39, 0.29) is 0 Å². The van der Waals surface area contributed by atoms with Crippen LogP contribution < -0.4 is 5.19 Å². The van der Waals surface area contributed by atoms with Crippen molar-refractivity contribution in [3.05, 3.63) is 47.2 Å². The summed E-state index contributed by atoms with van der Waals surface area (Å²) < 4.78 is 0. The van der Waals surface area contributed by atoms with E-state index in [0.717, 1.165) is 6.42 Å². The van der Waals surface area contributed by atoms with Crippen LogP contribution in [0.1, 0.15) is 43.4 Å². The molecule has 2 aromatic rings. The Balaban J connectivity index is 2.10. The third kappa shape index (κ3) is 3.64. The first-order chi connectivity index (χ1) is 11.4.